The Bertz CT molecular complexity index is 812. The van der Waals surface area contributed by atoms with Gasteiger partial charge in [-0.05, 0) is 18.4 Å². The second-order valence-corrected chi connectivity index (χ2v) is 8.04. The number of aliphatic hydroxyl groups excluding tert-OH is 2. The van der Waals surface area contributed by atoms with Crippen LogP contribution in [0.15, 0.2) is 54.6 Å². The predicted molar refractivity (Wildman–Crippen MR) is 120 cm³/mol. The molecule has 0 aliphatic carbocycles. The van der Waals surface area contributed by atoms with Crippen LogP contribution < -0.4 is 4.74 Å². The summed E-state index contributed by atoms with van der Waals surface area (Å²) >= 11 is 3.62. The highest BCUT2D eigenvalue weighted by Crippen LogP contribution is 2.33. The van der Waals surface area contributed by atoms with E-state index in [4.69, 9.17) is 24.7 Å². The van der Waals surface area contributed by atoms with Crippen LogP contribution in [0, 0.1) is 0 Å². The number of hydrogen-bond acceptors (Lipinski definition) is 7. The first-order chi connectivity index (χ1) is 14.2. The Morgan fingerprint density at radius 3 is 2.10 bits per heavy atom. The first-order valence-electron chi connectivity index (χ1n) is 8.96. The Labute approximate surface area is 181 Å². The zero-order chi connectivity index (χ0) is 23.0. The molecule has 4 N–H and O–H groups in total. The van der Waals surface area contributed by atoms with Gasteiger partial charge in [0.15, 0.2) is 0 Å². The van der Waals surface area contributed by atoms with Gasteiger partial charge in [0, 0.05) is 16.7 Å². The fraction of sp³-hybridized carbons (Fsp3) is 0.350. The van der Waals surface area contributed by atoms with Gasteiger partial charge >= 0.3 is 13.6 Å². The minimum atomic E-state index is -3.74. The van der Waals surface area contributed by atoms with Gasteiger partial charge < -0.3 is 29.5 Å². The summed E-state index contributed by atoms with van der Waals surface area (Å²) in [5.74, 6) is 0.423. The van der Waals surface area contributed by atoms with E-state index in [0.29, 0.717) is 24.5 Å². The van der Waals surface area contributed by atoms with Crippen LogP contribution in [0.1, 0.15) is 6.92 Å². The van der Waals surface area contributed by atoms with Crippen molar-refractivity contribution in [3.8, 4) is 5.75 Å². The Hall–Kier alpha value is -1.71. The molecule has 0 atom stereocenters. The molecule has 2 rings (SSSR count). The van der Waals surface area contributed by atoms with Crippen LogP contribution >= 0.6 is 20.2 Å². The molecule has 0 aliphatic heterocycles. The molecule has 0 radical (unpaired) electrons. The number of carbonyl (C=O) groups excluding carboxylic acids is 1. The molecule has 0 bridgehead atoms. The maximum Gasteiger partial charge on any atom is 0.338 e. The maximum absolute atomic E-state index is 11.4. The third-order valence-corrected chi connectivity index (χ3v) is 4.55. The molecule has 10 heteroatoms. The third kappa shape index (κ3) is 13.5. The molecule has 2 aromatic rings. The summed E-state index contributed by atoms with van der Waals surface area (Å²) < 4.78 is 19.8. The minimum Gasteiger partial charge on any atom is -0.423 e. The second kappa shape index (κ2) is 16.0. The lowest BCUT2D eigenvalue weighted by molar-refractivity contribution is -0.129. The van der Waals surface area contributed by atoms with Gasteiger partial charge in [-0.2, -0.15) is 12.6 Å². The minimum absolute atomic E-state index is 0.0278. The van der Waals surface area contributed by atoms with Crippen molar-refractivity contribution in [1.82, 2.24) is 0 Å². The fourth-order valence-corrected chi connectivity index (χ4v) is 2.88. The first-order valence-corrected chi connectivity index (χ1v) is 11.4. The van der Waals surface area contributed by atoms with Crippen molar-refractivity contribution >= 4 is 37.0 Å². The Morgan fingerprint density at radius 2 is 1.63 bits per heavy atom. The van der Waals surface area contributed by atoms with Gasteiger partial charge in [0.2, 0.25) is 0 Å². The standard InChI is InChI=1S/C14H12O2.C4H10O3.C2H7O3PS/c1-10(2)14(15)16-13-9-5-7-11-6-3-4-8-12(11)13;5-1-3-7-4-2-6;3-6(4,5)1-2-7/h3-9H,1H2,2H3;5-6H,1-4H2;7H,1-2H2,(H2,3,4,5). The van der Waals surface area contributed by atoms with E-state index in [1.165, 1.54) is 0 Å². The summed E-state index contributed by atoms with van der Waals surface area (Å²) in [6.07, 6.45) is -0.129. The molecular formula is C20H29O8PS. The normalized spacial score (nSPS) is 10.3. The number of ether oxygens (including phenoxy) is 2. The van der Waals surface area contributed by atoms with E-state index in [1.807, 2.05) is 36.4 Å². The number of aliphatic hydroxyl groups is 2. The number of benzene rings is 2. The van der Waals surface area contributed by atoms with E-state index in [0.717, 1.165) is 10.8 Å². The van der Waals surface area contributed by atoms with Gasteiger partial charge in [-0.3, -0.25) is 4.57 Å². The Balaban J connectivity index is 0.000000503. The van der Waals surface area contributed by atoms with Gasteiger partial charge in [-0.15, -0.1) is 0 Å². The van der Waals surface area contributed by atoms with Crippen molar-refractivity contribution in [2.45, 2.75) is 6.92 Å². The topological polar surface area (TPSA) is 134 Å². The lowest BCUT2D eigenvalue weighted by Crippen LogP contribution is -2.08. The van der Waals surface area contributed by atoms with Crippen molar-refractivity contribution in [3.05, 3.63) is 54.6 Å². The molecule has 0 aliphatic rings. The SMILES string of the molecule is C=C(C)C(=O)Oc1cccc2ccccc12.O=P(O)(O)CCS.OCCOCCO. The van der Waals surface area contributed by atoms with Crippen molar-refractivity contribution in [1.29, 1.82) is 0 Å². The zero-order valence-corrected chi connectivity index (χ0v) is 18.6. The number of thiol groups is 1. The van der Waals surface area contributed by atoms with Gasteiger partial charge in [0.1, 0.15) is 5.75 Å². The number of esters is 1. The molecule has 30 heavy (non-hydrogen) atoms. The molecule has 0 spiro atoms. The van der Waals surface area contributed by atoms with E-state index in [-0.39, 0.29) is 25.1 Å². The number of fused-ring (bicyclic) bond motifs is 1. The van der Waals surface area contributed by atoms with Crippen LogP contribution in [0.3, 0.4) is 0 Å². The van der Waals surface area contributed by atoms with E-state index >= 15 is 0 Å². The molecule has 8 nitrogen and oxygen atoms in total. The molecule has 0 amide bonds. The molecule has 0 aromatic heterocycles. The summed E-state index contributed by atoms with van der Waals surface area (Å²) in [5, 5.41) is 18.2. The van der Waals surface area contributed by atoms with Crippen molar-refractivity contribution in [3.63, 3.8) is 0 Å². The lowest BCUT2D eigenvalue weighted by atomic mass is 10.1. The lowest BCUT2D eigenvalue weighted by Gasteiger charge is -2.06. The zero-order valence-electron chi connectivity index (χ0n) is 16.8. The fourth-order valence-electron chi connectivity index (χ4n) is 1.83. The highest BCUT2D eigenvalue weighted by molar-refractivity contribution is 7.80. The molecule has 0 fully saturated rings. The average Bonchev–Trinajstić information content (AvgIpc) is 2.69. The van der Waals surface area contributed by atoms with Crippen LogP contribution in [0.5, 0.6) is 5.75 Å². The van der Waals surface area contributed by atoms with Gasteiger partial charge in [-0.25, -0.2) is 4.79 Å². The van der Waals surface area contributed by atoms with Crippen LogP contribution in [0.4, 0.5) is 0 Å². The Morgan fingerprint density at radius 1 is 1.07 bits per heavy atom. The maximum atomic E-state index is 11.4. The summed E-state index contributed by atoms with van der Waals surface area (Å²) in [6.45, 7) is 5.88. The van der Waals surface area contributed by atoms with Crippen molar-refractivity contribution in [2.24, 2.45) is 0 Å². The summed E-state index contributed by atoms with van der Waals surface area (Å²) in [5.41, 5.74) is 0.396. The summed E-state index contributed by atoms with van der Waals surface area (Å²) in [7, 11) is -3.74. The van der Waals surface area contributed by atoms with Crippen LogP contribution in [-0.2, 0) is 14.1 Å². The molecular weight excluding hydrogens is 431 g/mol. The van der Waals surface area contributed by atoms with Gasteiger partial charge in [0.05, 0.1) is 32.6 Å². The number of rotatable bonds is 8. The highest BCUT2D eigenvalue weighted by Gasteiger charge is 2.09. The number of hydrogen-bond donors (Lipinski definition) is 5. The number of carbonyl (C=O) groups is 1. The molecule has 0 unspecified atom stereocenters. The van der Waals surface area contributed by atoms with Crippen LogP contribution in [-0.4, -0.2) is 64.3 Å². The summed E-state index contributed by atoms with van der Waals surface area (Å²) in [4.78, 5) is 27.6. The van der Waals surface area contributed by atoms with E-state index < -0.39 is 13.6 Å². The molecule has 0 saturated carbocycles. The third-order valence-electron chi connectivity index (χ3n) is 3.16. The van der Waals surface area contributed by atoms with Gasteiger partial charge in [-0.1, -0.05) is 43.0 Å². The molecule has 0 saturated heterocycles. The second-order valence-electron chi connectivity index (χ2n) is 5.82. The summed E-state index contributed by atoms with van der Waals surface area (Å²) in [6, 6.07) is 13.4. The smallest absolute Gasteiger partial charge is 0.338 e. The monoisotopic (exact) mass is 460 g/mol. The Kier molecular flexibility index (Phi) is 15.1. The average molecular weight is 460 g/mol. The van der Waals surface area contributed by atoms with Gasteiger partial charge in [0.25, 0.3) is 0 Å². The van der Waals surface area contributed by atoms with E-state index in [9.17, 15) is 9.36 Å². The first kappa shape index (κ1) is 28.3. The van der Waals surface area contributed by atoms with Crippen molar-refractivity contribution in [2.75, 3.05) is 38.3 Å². The van der Waals surface area contributed by atoms with Crippen LogP contribution in [0.25, 0.3) is 10.8 Å². The van der Waals surface area contributed by atoms with Crippen LogP contribution in [0.2, 0.25) is 0 Å². The molecule has 168 valence electrons. The molecule has 2 aromatic carbocycles. The predicted octanol–water partition coefficient (Wildman–Crippen LogP) is 2.40. The molecule has 0 heterocycles. The highest BCUT2D eigenvalue weighted by atomic mass is 32.1. The van der Waals surface area contributed by atoms with E-state index in [1.54, 1.807) is 13.0 Å². The largest absolute Gasteiger partial charge is 0.423 e. The van der Waals surface area contributed by atoms with Crippen molar-refractivity contribution < 1.29 is 38.8 Å². The van der Waals surface area contributed by atoms with E-state index in [2.05, 4.69) is 23.9 Å². The quantitative estimate of drug-likeness (QED) is 0.101.